The van der Waals surface area contributed by atoms with Crippen molar-refractivity contribution in [1.82, 2.24) is 0 Å². The second-order valence-electron chi connectivity index (χ2n) is 7.96. The van der Waals surface area contributed by atoms with Gasteiger partial charge in [-0.1, -0.05) is 78.0 Å². The van der Waals surface area contributed by atoms with E-state index in [9.17, 15) is 14.7 Å². The van der Waals surface area contributed by atoms with E-state index in [1.165, 1.54) is 0 Å². The molecule has 1 aliphatic heterocycles. The molecule has 0 unspecified atom stereocenters. The van der Waals surface area contributed by atoms with Crippen LogP contribution in [0.25, 0.3) is 6.08 Å². The highest BCUT2D eigenvalue weighted by atomic mass is 32.2. The summed E-state index contributed by atoms with van der Waals surface area (Å²) in [5.41, 5.74) is 3.13. The molecule has 0 saturated carbocycles. The number of aliphatic imine (C=N–C) groups is 1. The number of nitrogens with zero attached hydrogens (tertiary/aromatic N) is 1. The van der Waals surface area contributed by atoms with Crippen molar-refractivity contribution in [1.29, 1.82) is 0 Å². The quantitative estimate of drug-likeness (QED) is 0.385. The number of esters is 1. The van der Waals surface area contributed by atoms with Crippen LogP contribution in [0.15, 0.2) is 100 Å². The molecule has 36 heavy (non-hydrogen) atoms. The summed E-state index contributed by atoms with van der Waals surface area (Å²) < 4.78 is 11.2. The maximum absolute atomic E-state index is 12.7. The fraction of sp³-hybridized carbons (Fsp3) is 0.138. The number of aliphatic hydroxyl groups is 1. The molecule has 3 aromatic rings. The molecule has 0 saturated heterocycles. The second kappa shape index (κ2) is 11.6. The number of benzene rings is 3. The van der Waals surface area contributed by atoms with Crippen LogP contribution in [-0.2, 0) is 16.1 Å². The molecule has 0 fully saturated rings. The first-order chi connectivity index (χ1) is 17.5. The molecule has 0 atom stereocenters. The van der Waals surface area contributed by atoms with Crippen LogP contribution in [0.3, 0.4) is 0 Å². The Bertz CT molecular complexity index is 1380. The molecular formula is C29H25NO5S. The van der Waals surface area contributed by atoms with Crippen molar-refractivity contribution < 1.29 is 24.2 Å². The van der Waals surface area contributed by atoms with Crippen molar-refractivity contribution in [2.75, 3.05) is 6.61 Å². The van der Waals surface area contributed by atoms with Crippen molar-refractivity contribution in [2.45, 2.75) is 20.5 Å². The monoisotopic (exact) mass is 499 g/mol. The number of para-hydroxylation sites is 1. The van der Waals surface area contributed by atoms with Gasteiger partial charge in [-0.05, 0) is 43.7 Å². The van der Waals surface area contributed by atoms with Crippen LogP contribution < -0.4 is 4.74 Å². The first-order valence-corrected chi connectivity index (χ1v) is 12.2. The number of rotatable bonds is 7. The summed E-state index contributed by atoms with van der Waals surface area (Å²) in [6.45, 7) is 4.19. The predicted molar refractivity (Wildman–Crippen MR) is 142 cm³/mol. The van der Waals surface area contributed by atoms with E-state index in [1.54, 1.807) is 43.3 Å². The molecule has 0 radical (unpaired) electrons. The Morgan fingerprint density at radius 3 is 2.50 bits per heavy atom. The maximum atomic E-state index is 12.7. The zero-order valence-corrected chi connectivity index (χ0v) is 20.7. The van der Waals surface area contributed by atoms with Gasteiger partial charge in [-0.25, -0.2) is 9.79 Å². The predicted octanol–water partition coefficient (Wildman–Crippen LogP) is 6.28. The number of hydrogen-bond acceptors (Lipinski definition) is 6. The highest BCUT2D eigenvalue weighted by molar-refractivity contribution is 8.18. The lowest BCUT2D eigenvalue weighted by Gasteiger charge is -2.10. The Kier molecular flexibility index (Phi) is 8.02. The Hall–Kier alpha value is -4.10. The summed E-state index contributed by atoms with van der Waals surface area (Å²) >= 11 is 1.03. The van der Waals surface area contributed by atoms with Gasteiger partial charge in [0.2, 0.25) is 0 Å². The highest BCUT2D eigenvalue weighted by Crippen LogP contribution is 2.40. The molecule has 1 heterocycles. The number of aryl methyl sites for hydroxylation is 1. The van der Waals surface area contributed by atoms with Gasteiger partial charge in [0.25, 0.3) is 5.91 Å². The molecule has 1 amide bonds. The molecule has 182 valence electrons. The molecule has 0 aromatic heterocycles. The van der Waals surface area contributed by atoms with Gasteiger partial charge in [0.1, 0.15) is 28.7 Å². The van der Waals surface area contributed by atoms with Crippen LogP contribution in [0.1, 0.15) is 34.0 Å². The molecule has 0 bridgehead atoms. The first kappa shape index (κ1) is 25.0. The largest absolute Gasteiger partial charge is 0.506 e. The number of thioether (sulfide) groups is 1. The smallest absolute Gasteiger partial charge is 0.344 e. The Balaban J connectivity index is 1.65. The number of carbonyl (C=O) groups is 2. The van der Waals surface area contributed by atoms with E-state index in [4.69, 9.17) is 9.47 Å². The molecular weight excluding hydrogens is 474 g/mol. The molecule has 7 heteroatoms. The average Bonchev–Trinajstić information content (AvgIpc) is 3.18. The van der Waals surface area contributed by atoms with E-state index < -0.39 is 11.9 Å². The lowest BCUT2D eigenvalue weighted by atomic mass is 10.1. The number of ether oxygens (including phenoxy) is 2. The highest BCUT2D eigenvalue weighted by Gasteiger charge is 2.34. The van der Waals surface area contributed by atoms with Crippen molar-refractivity contribution in [3.8, 4) is 5.75 Å². The minimum absolute atomic E-state index is 0.0872. The van der Waals surface area contributed by atoms with Gasteiger partial charge in [0, 0.05) is 11.1 Å². The van der Waals surface area contributed by atoms with E-state index in [0.717, 1.165) is 22.9 Å². The summed E-state index contributed by atoms with van der Waals surface area (Å²) in [6, 6.07) is 24.0. The third kappa shape index (κ3) is 5.93. The topological polar surface area (TPSA) is 85.2 Å². The molecule has 6 nitrogen and oxygen atoms in total. The molecule has 1 N–H and O–H groups in total. The SMILES string of the molecule is CCOC(=O)C1=C(O)/C(=C/c2ccccc2OCc2cccc(C)c2)SC1=NC(=O)c1ccccc1. The van der Waals surface area contributed by atoms with Crippen LogP contribution in [0, 0.1) is 6.92 Å². The zero-order chi connectivity index (χ0) is 25.5. The minimum Gasteiger partial charge on any atom is -0.506 e. The normalized spacial score (nSPS) is 15.4. The van der Waals surface area contributed by atoms with E-state index in [0.29, 0.717) is 28.4 Å². The molecule has 3 aromatic carbocycles. The van der Waals surface area contributed by atoms with Crippen LogP contribution in [0.2, 0.25) is 0 Å². The van der Waals surface area contributed by atoms with Gasteiger partial charge in [0.15, 0.2) is 0 Å². The fourth-order valence-electron chi connectivity index (χ4n) is 3.56. The van der Waals surface area contributed by atoms with Gasteiger partial charge < -0.3 is 14.6 Å². The Morgan fingerprint density at radius 1 is 1.00 bits per heavy atom. The Morgan fingerprint density at radius 2 is 1.75 bits per heavy atom. The van der Waals surface area contributed by atoms with Gasteiger partial charge in [-0.15, -0.1) is 0 Å². The molecule has 0 aliphatic carbocycles. The van der Waals surface area contributed by atoms with Gasteiger partial charge in [-0.2, -0.15) is 0 Å². The molecule has 0 spiro atoms. The van der Waals surface area contributed by atoms with Crippen molar-refractivity contribution >= 4 is 34.8 Å². The third-order valence-corrected chi connectivity index (χ3v) is 6.30. The minimum atomic E-state index is -0.741. The molecule has 1 aliphatic rings. The lowest BCUT2D eigenvalue weighted by molar-refractivity contribution is -0.138. The standard InChI is InChI=1S/C29H25NO5S/c1-3-34-29(33)25-26(31)24(36-28(25)30-27(32)21-12-5-4-6-13-21)17-22-14-7-8-15-23(22)35-18-20-11-9-10-19(2)16-20/h4-17,31H,3,18H2,1-2H3/b24-17-,30-28?. The van der Waals surface area contributed by atoms with E-state index in [-0.39, 0.29) is 23.0 Å². The lowest BCUT2D eigenvalue weighted by Crippen LogP contribution is -2.14. The summed E-state index contributed by atoms with van der Waals surface area (Å²) in [5, 5.41) is 11.0. The third-order valence-electron chi connectivity index (χ3n) is 5.28. The van der Waals surface area contributed by atoms with Crippen molar-refractivity contribution in [3.05, 3.63) is 117 Å². The van der Waals surface area contributed by atoms with Gasteiger partial charge >= 0.3 is 5.97 Å². The number of carbonyl (C=O) groups excluding carboxylic acids is 2. The number of aliphatic hydroxyl groups excluding tert-OH is 1. The van der Waals surface area contributed by atoms with Crippen LogP contribution >= 0.6 is 11.8 Å². The summed E-state index contributed by atoms with van der Waals surface area (Å²) in [5.74, 6) is -0.930. The van der Waals surface area contributed by atoms with Crippen LogP contribution in [0.5, 0.6) is 5.75 Å². The molecule has 4 rings (SSSR count). The van der Waals surface area contributed by atoms with E-state index >= 15 is 0 Å². The maximum Gasteiger partial charge on any atom is 0.344 e. The van der Waals surface area contributed by atoms with Crippen LogP contribution in [-0.4, -0.2) is 28.6 Å². The van der Waals surface area contributed by atoms with E-state index in [2.05, 4.69) is 11.1 Å². The number of hydrogen-bond donors (Lipinski definition) is 1. The second-order valence-corrected chi connectivity index (χ2v) is 8.99. The van der Waals surface area contributed by atoms with Crippen LogP contribution in [0.4, 0.5) is 0 Å². The Labute approximate surface area is 214 Å². The zero-order valence-electron chi connectivity index (χ0n) is 19.9. The van der Waals surface area contributed by atoms with Crippen molar-refractivity contribution in [3.63, 3.8) is 0 Å². The summed E-state index contributed by atoms with van der Waals surface area (Å²) in [7, 11) is 0. The average molecular weight is 500 g/mol. The van der Waals surface area contributed by atoms with Gasteiger partial charge in [0.05, 0.1) is 11.5 Å². The van der Waals surface area contributed by atoms with Gasteiger partial charge in [-0.3, -0.25) is 4.79 Å². The first-order valence-electron chi connectivity index (χ1n) is 11.4. The summed E-state index contributed by atoms with van der Waals surface area (Å²) in [6.07, 6.45) is 1.71. The number of amides is 1. The van der Waals surface area contributed by atoms with Crippen molar-refractivity contribution in [2.24, 2.45) is 4.99 Å². The summed E-state index contributed by atoms with van der Waals surface area (Å²) in [4.78, 5) is 29.8. The fourth-order valence-corrected chi connectivity index (χ4v) is 4.57. The van der Waals surface area contributed by atoms with E-state index in [1.807, 2.05) is 49.4 Å².